The summed E-state index contributed by atoms with van der Waals surface area (Å²) in [6.07, 6.45) is 0. The minimum Gasteiger partial charge on any atom is -0.489 e. The van der Waals surface area contributed by atoms with E-state index in [9.17, 15) is 19.7 Å². The van der Waals surface area contributed by atoms with E-state index in [4.69, 9.17) is 14.3 Å². The van der Waals surface area contributed by atoms with E-state index in [-0.39, 0.29) is 24.5 Å². The number of carbonyl (C=O) groups is 2. The second-order valence-electron chi connectivity index (χ2n) is 8.72. The molecule has 0 aliphatic heterocycles. The maximum atomic E-state index is 11.7. The van der Waals surface area contributed by atoms with Gasteiger partial charge in [-0.3, -0.25) is 10.1 Å². The van der Waals surface area contributed by atoms with Gasteiger partial charge in [-0.25, -0.2) is 9.59 Å². The summed E-state index contributed by atoms with van der Waals surface area (Å²) in [4.78, 5) is 39.4. The predicted molar refractivity (Wildman–Crippen MR) is 147 cm³/mol. The number of nitrogens with zero attached hydrogens (tertiary/aromatic N) is 3. The smallest absolute Gasteiger partial charge is 0.333 e. The molecule has 0 fully saturated rings. The molecule has 0 bridgehead atoms. The Morgan fingerprint density at radius 3 is 2.36 bits per heavy atom. The quantitative estimate of drug-likeness (QED) is 0.0503. The molecule has 0 N–H and O–H groups in total. The lowest BCUT2D eigenvalue weighted by atomic mass is 9.99. The average molecular weight is 530 g/mol. The van der Waals surface area contributed by atoms with Crippen LogP contribution in [0.1, 0.15) is 31.9 Å². The summed E-state index contributed by atoms with van der Waals surface area (Å²) in [6.45, 7) is 9.11. The maximum absolute atomic E-state index is 11.7. The van der Waals surface area contributed by atoms with Crippen molar-refractivity contribution in [2.45, 2.75) is 27.3 Å². The van der Waals surface area contributed by atoms with Gasteiger partial charge in [-0.15, -0.1) is 0 Å². The van der Waals surface area contributed by atoms with Crippen LogP contribution in [0.25, 0.3) is 21.8 Å². The number of oxime groups is 1. The van der Waals surface area contributed by atoms with E-state index in [1.54, 1.807) is 43.3 Å². The monoisotopic (exact) mass is 529 g/mol. The van der Waals surface area contributed by atoms with Crippen LogP contribution in [0, 0.1) is 10.1 Å². The number of benzene rings is 3. The van der Waals surface area contributed by atoms with Gasteiger partial charge < -0.3 is 18.9 Å². The fourth-order valence-electron chi connectivity index (χ4n) is 4.26. The molecule has 4 rings (SSSR count). The minimum atomic E-state index is -0.600. The molecule has 0 radical (unpaired) electrons. The fraction of sp³-hybridized carbons (Fsp3) is 0.207. The first-order chi connectivity index (χ1) is 18.7. The number of rotatable bonds is 10. The van der Waals surface area contributed by atoms with E-state index < -0.39 is 16.9 Å². The van der Waals surface area contributed by atoms with Crippen LogP contribution in [0.3, 0.4) is 0 Å². The lowest BCUT2D eigenvalue weighted by molar-refractivity contribution is -0.384. The van der Waals surface area contributed by atoms with Crippen molar-refractivity contribution < 1.29 is 28.8 Å². The predicted octanol–water partition coefficient (Wildman–Crippen LogP) is 5.54. The molecule has 0 saturated carbocycles. The Kier molecular flexibility index (Phi) is 8.04. The van der Waals surface area contributed by atoms with E-state index >= 15 is 0 Å². The van der Waals surface area contributed by atoms with Gasteiger partial charge in [0, 0.05) is 64.1 Å². The lowest BCUT2D eigenvalue weighted by Crippen LogP contribution is -2.14. The molecule has 1 heterocycles. The third kappa shape index (κ3) is 5.80. The van der Waals surface area contributed by atoms with Gasteiger partial charge in [0.1, 0.15) is 24.7 Å². The molecule has 0 saturated heterocycles. The van der Waals surface area contributed by atoms with Crippen molar-refractivity contribution >= 4 is 45.1 Å². The Morgan fingerprint density at radius 2 is 1.69 bits per heavy atom. The number of aromatic nitrogens is 1. The van der Waals surface area contributed by atoms with Crippen molar-refractivity contribution in [3.05, 3.63) is 94.1 Å². The van der Waals surface area contributed by atoms with Gasteiger partial charge in [0.15, 0.2) is 0 Å². The van der Waals surface area contributed by atoms with E-state index in [1.165, 1.54) is 13.0 Å². The second kappa shape index (κ2) is 11.6. The average Bonchev–Trinajstić information content (AvgIpc) is 3.23. The van der Waals surface area contributed by atoms with E-state index in [0.29, 0.717) is 29.1 Å². The molecular formula is C29H27N3O7. The van der Waals surface area contributed by atoms with Crippen LogP contribution < -0.4 is 4.74 Å². The lowest BCUT2D eigenvalue weighted by Gasteiger charge is -2.14. The molecule has 200 valence electrons. The molecular weight excluding hydrogens is 502 g/mol. The van der Waals surface area contributed by atoms with Gasteiger partial charge in [0.05, 0.1) is 4.92 Å². The highest BCUT2D eigenvalue weighted by Crippen LogP contribution is 2.33. The largest absolute Gasteiger partial charge is 0.489 e. The van der Waals surface area contributed by atoms with Gasteiger partial charge >= 0.3 is 11.9 Å². The van der Waals surface area contributed by atoms with Crippen molar-refractivity contribution in [1.82, 2.24) is 4.57 Å². The number of non-ortho nitro benzene ring substituents is 1. The van der Waals surface area contributed by atoms with Crippen molar-refractivity contribution in [1.29, 1.82) is 0 Å². The van der Waals surface area contributed by atoms with Crippen molar-refractivity contribution in [2.75, 3.05) is 13.2 Å². The van der Waals surface area contributed by atoms with Gasteiger partial charge in [-0.2, -0.15) is 0 Å². The Bertz CT molecular complexity index is 1630. The number of fused-ring (bicyclic) bond motifs is 3. The summed E-state index contributed by atoms with van der Waals surface area (Å²) in [5.41, 5.74) is 3.50. The number of hydrogen-bond acceptors (Lipinski definition) is 8. The molecule has 39 heavy (non-hydrogen) atoms. The van der Waals surface area contributed by atoms with Crippen molar-refractivity contribution in [3.63, 3.8) is 0 Å². The number of nitro groups is 1. The first kappa shape index (κ1) is 27.1. The van der Waals surface area contributed by atoms with Crippen molar-refractivity contribution in [3.8, 4) is 5.75 Å². The van der Waals surface area contributed by atoms with Gasteiger partial charge in [-0.05, 0) is 44.2 Å². The summed E-state index contributed by atoms with van der Waals surface area (Å²) in [6, 6.07) is 17.5. The molecule has 0 aliphatic carbocycles. The zero-order chi connectivity index (χ0) is 28.1. The molecule has 0 amide bonds. The Labute approximate surface area is 224 Å². The standard InChI is InChI=1S/C29H27N3O7/c1-5-31-25-12-10-20(16-23(25)24-17-21(32(35)36)11-13-26(24)31)28(30-39-19(4)33)22-8-6-7-9-27(22)37-14-15-38-29(34)18(2)3/h6-13,16-17H,2,5,14-15H2,1,3-4H3. The summed E-state index contributed by atoms with van der Waals surface area (Å²) in [5, 5.41) is 17.1. The first-order valence-electron chi connectivity index (χ1n) is 12.2. The van der Waals surface area contributed by atoms with Crippen LogP contribution in [0.4, 0.5) is 5.69 Å². The number of esters is 1. The van der Waals surface area contributed by atoms with Crippen LogP contribution in [-0.2, 0) is 25.7 Å². The highest BCUT2D eigenvalue weighted by Gasteiger charge is 2.19. The zero-order valence-electron chi connectivity index (χ0n) is 21.8. The van der Waals surface area contributed by atoms with Crippen LogP contribution in [0.15, 0.2) is 78.0 Å². The maximum Gasteiger partial charge on any atom is 0.333 e. The highest BCUT2D eigenvalue weighted by molar-refractivity contribution is 6.18. The summed E-state index contributed by atoms with van der Waals surface area (Å²) in [7, 11) is 0. The number of nitro benzene ring substituents is 1. The van der Waals surface area contributed by atoms with Crippen LogP contribution in [0.5, 0.6) is 5.75 Å². The first-order valence-corrected chi connectivity index (χ1v) is 12.2. The SMILES string of the molecule is C=C(C)C(=O)OCCOc1ccccc1C(=NOC(C)=O)c1ccc2c(c1)c1cc([N+](=O)[O-])ccc1n2CC. The van der Waals surface area contributed by atoms with Crippen LogP contribution in [-0.4, -0.2) is 40.4 Å². The number of para-hydroxylation sites is 1. The molecule has 1 aromatic heterocycles. The molecule has 3 aromatic carbocycles. The normalized spacial score (nSPS) is 11.4. The van der Waals surface area contributed by atoms with E-state index in [2.05, 4.69) is 16.3 Å². The summed E-state index contributed by atoms with van der Waals surface area (Å²) in [5.74, 6) is -0.679. The minimum absolute atomic E-state index is 0.0112. The molecule has 0 atom stereocenters. The van der Waals surface area contributed by atoms with Gasteiger partial charge in [0.25, 0.3) is 5.69 Å². The molecule has 0 aliphatic rings. The fourth-order valence-corrected chi connectivity index (χ4v) is 4.26. The van der Waals surface area contributed by atoms with Gasteiger partial charge in [0.2, 0.25) is 0 Å². The number of carbonyl (C=O) groups excluding carboxylic acids is 2. The topological polar surface area (TPSA) is 122 Å². The summed E-state index contributed by atoms with van der Waals surface area (Å²) >= 11 is 0. The number of aryl methyl sites for hydroxylation is 1. The van der Waals surface area contributed by atoms with Crippen molar-refractivity contribution in [2.24, 2.45) is 5.16 Å². The Hall–Kier alpha value is -4.99. The van der Waals surface area contributed by atoms with E-state index in [1.807, 2.05) is 25.1 Å². The number of hydrogen-bond donors (Lipinski definition) is 0. The molecule has 10 heteroatoms. The highest BCUT2D eigenvalue weighted by atomic mass is 16.7. The Balaban J connectivity index is 1.79. The molecule has 0 unspecified atom stereocenters. The van der Waals surface area contributed by atoms with Crippen LogP contribution in [0.2, 0.25) is 0 Å². The third-order valence-electron chi connectivity index (χ3n) is 5.98. The number of ether oxygens (including phenoxy) is 2. The molecule has 4 aromatic rings. The van der Waals surface area contributed by atoms with Gasteiger partial charge in [-0.1, -0.05) is 29.9 Å². The molecule has 0 spiro atoms. The zero-order valence-corrected chi connectivity index (χ0v) is 21.8. The third-order valence-corrected chi connectivity index (χ3v) is 5.98. The van der Waals surface area contributed by atoms with E-state index in [0.717, 1.165) is 21.8 Å². The van der Waals surface area contributed by atoms with Crippen LogP contribution >= 0.6 is 0 Å². The summed E-state index contributed by atoms with van der Waals surface area (Å²) < 4.78 is 13.1. The second-order valence-corrected chi connectivity index (χ2v) is 8.72. The Morgan fingerprint density at radius 1 is 1.00 bits per heavy atom. The molecule has 10 nitrogen and oxygen atoms in total.